The largest absolute Gasteiger partial charge is 0.329 e. The van der Waals surface area contributed by atoms with Gasteiger partial charge in [-0.25, -0.2) is 4.98 Å². The highest BCUT2D eigenvalue weighted by Crippen LogP contribution is 2.35. The Kier molecular flexibility index (Phi) is 3.66. The summed E-state index contributed by atoms with van der Waals surface area (Å²) in [7, 11) is 0. The SMILES string of the molecule is O=C(c1ncccc1Br)N1CCCC1c1cccs1. The predicted molar refractivity (Wildman–Crippen MR) is 79.3 cm³/mol. The third kappa shape index (κ3) is 2.44. The third-order valence-corrected chi connectivity index (χ3v) is 4.96. The van der Waals surface area contributed by atoms with Gasteiger partial charge in [-0.2, -0.15) is 0 Å². The molecule has 0 spiro atoms. The fourth-order valence-corrected chi connectivity index (χ4v) is 3.76. The number of halogens is 1. The first-order chi connectivity index (χ1) is 9.27. The van der Waals surface area contributed by atoms with Gasteiger partial charge in [0.2, 0.25) is 0 Å². The molecule has 19 heavy (non-hydrogen) atoms. The summed E-state index contributed by atoms with van der Waals surface area (Å²) < 4.78 is 0.761. The molecule has 5 heteroatoms. The molecule has 3 heterocycles. The number of thiophene rings is 1. The number of aromatic nitrogens is 1. The molecule has 0 aliphatic carbocycles. The Balaban J connectivity index is 1.89. The average Bonchev–Trinajstić information content (AvgIpc) is 3.09. The van der Waals surface area contributed by atoms with E-state index >= 15 is 0 Å². The number of nitrogens with zero attached hydrogens (tertiary/aromatic N) is 2. The van der Waals surface area contributed by atoms with E-state index in [1.807, 2.05) is 23.1 Å². The fourth-order valence-electron chi connectivity index (χ4n) is 2.47. The molecular weight excluding hydrogens is 324 g/mol. The first-order valence-electron chi connectivity index (χ1n) is 6.22. The highest BCUT2D eigenvalue weighted by atomic mass is 79.9. The Morgan fingerprint density at radius 1 is 1.42 bits per heavy atom. The topological polar surface area (TPSA) is 33.2 Å². The van der Waals surface area contributed by atoms with Crippen LogP contribution in [0.5, 0.6) is 0 Å². The summed E-state index contributed by atoms with van der Waals surface area (Å²) in [5.74, 6) is 0.0170. The molecular formula is C14H13BrN2OS. The van der Waals surface area contributed by atoms with Gasteiger partial charge in [-0.15, -0.1) is 11.3 Å². The minimum atomic E-state index is 0.0170. The van der Waals surface area contributed by atoms with Crippen LogP contribution in [0.1, 0.15) is 34.2 Å². The minimum Gasteiger partial charge on any atom is -0.329 e. The van der Waals surface area contributed by atoms with Crippen molar-refractivity contribution in [3.8, 4) is 0 Å². The molecule has 0 bridgehead atoms. The van der Waals surface area contributed by atoms with Gasteiger partial charge in [0.1, 0.15) is 5.69 Å². The van der Waals surface area contributed by atoms with Crippen molar-refractivity contribution < 1.29 is 4.79 Å². The summed E-state index contributed by atoms with van der Waals surface area (Å²) in [5, 5.41) is 2.06. The normalized spacial score (nSPS) is 18.8. The fraction of sp³-hybridized carbons (Fsp3) is 0.286. The Hall–Kier alpha value is -1.20. The molecule has 0 N–H and O–H groups in total. The molecule has 98 valence electrons. The average molecular weight is 337 g/mol. The predicted octanol–water partition coefficient (Wildman–Crippen LogP) is 3.88. The molecule has 3 rings (SSSR count). The van der Waals surface area contributed by atoms with Crippen LogP contribution < -0.4 is 0 Å². The van der Waals surface area contributed by atoms with Crippen molar-refractivity contribution in [3.63, 3.8) is 0 Å². The lowest BCUT2D eigenvalue weighted by Crippen LogP contribution is -2.31. The minimum absolute atomic E-state index is 0.0170. The summed E-state index contributed by atoms with van der Waals surface area (Å²) in [4.78, 5) is 20.0. The van der Waals surface area contributed by atoms with Gasteiger partial charge in [0.15, 0.2) is 0 Å². The maximum atomic E-state index is 12.6. The summed E-state index contributed by atoms with van der Waals surface area (Å²) in [6.45, 7) is 0.810. The molecule has 1 unspecified atom stereocenters. The van der Waals surface area contributed by atoms with Gasteiger partial charge >= 0.3 is 0 Å². The number of carbonyl (C=O) groups excluding carboxylic acids is 1. The van der Waals surface area contributed by atoms with Crippen molar-refractivity contribution in [2.24, 2.45) is 0 Å². The van der Waals surface area contributed by atoms with E-state index in [9.17, 15) is 4.79 Å². The van der Waals surface area contributed by atoms with Crippen LogP contribution >= 0.6 is 27.3 Å². The number of hydrogen-bond acceptors (Lipinski definition) is 3. The molecule has 2 aromatic heterocycles. The van der Waals surface area contributed by atoms with Crippen molar-refractivity contribution in [3.05, 3.63) is 50.9 Å². The molecule has 1 atom stereocenters. The maximum Gasteiger partial charge on any atom is 0.274 e. The smallest absolute Gasteiger partial charge is 0.274 e. The van der Waals surface area contributed by atoms with Crippen LogP contribution in [0.25, 0.3) is 0 Å². The molecule has 1 aliphatic heterocycles. The van der Waals surface area contributed by atoms with Gasteiger partial charge < -0.3 is 4.90 Å². The van der Waals surface area contributed by atoms with Crippen LogP contribution in [0, 0.1) is 0 Å². The lowest BCUT2D eigenvalue weighted by molar-refractivity contribution is 0.0731. The van der Waals surface area contributed by atoms with E-state index in [2.05, 4.69) is 32.4 Å². The molecule has 1 saturated heterocycles. The lowest BCUT2D eigenvalue weighted by atomic mass is 10.2. The second-order valence-corrected chi connectivity index (χ2v) is 6.34. The molecule has 0 aromatic carbocycles. The zero-order chi connectivity index (χ0) is 13.2. The van der Waals surface area contributed by atoms with Crippen LogP contribution in [-0.2, 0) is 0 Å². The van der Waals surface area contributed by atoms with Crippen LogP contribution in [0.4, 0.5) is 0 Å². The number of likely N-dealkylation sites (tertiary alicyclic amines) is 1. The number of hydrogen-bond donors (Lipinski definition) is 0. The maximum absolute atomic E-state index is 12.6. The van der Waals surface area contributed by atoms with Gasteiger partial charge in [0.25, 0.3) is 5.91 Å². The standard InChI is InChI=1S/C14H13BrN2OS/c15-10-4-1-7-16-13(10)14(18)17-8-2-5-11(17)12-6-3-9-19-12/h1,3-4,6-7,9,11H,2,5,8H2. The Labute approximate surface area is 124 Å². The van der Waals surface area contributed by atoms with Crippen molar-refractivity contribution in [2.75, 3.05) is 6.54 Å². The summed E-state index contributed by atoms with van der Waals surface area (Å²) in [6, 6.07) is 8.03. The number of carbonyl (C=O) groups is 1. The van der Waals surface area contributed by atoms with Crippen molar-refractivity contribution in [1.82, 2.24) is 9.88 Å². The van der Waals surface area contributed by atoms with Crippen LogP contribution in [0.2, 0.25) is 0 Å². The van der Waals surface area contributed by atoms with Crippen molar-refractivity contribution >= 4 is 33.2 Å². The van der Waals surface area contributed by atoms with Crippen molar-refractivity contribution in [1.29, 1.82) is 0 Å². The van der Waals surface area contributed by atoms with Gasteiger partial charge in [-0.3, -0.25) is 4.79 Å². The van der Waals surface area contributed by atoms with Gasteiger partial charge in [0, 0.05) is 22.1 Å². The summed E-state index contributed by atoms with van der Waals surface area (Å²) >= 11 is 5.12. The molecule has 3 nitrogen and oxygen atoms in total. The highest BCUT2D eigenvalue weighted by molar-refractivity contribution is 9.10. The van der Waals surface area contributed by atoms with E-state index in [0.29, 0.717) is 5.69 Å². The Bertz CT molecular complexity index is 585. The van der Waals surface area contributed by atoms with Crippen molar-refractivity contribution in [2.45, 2.75) is 18.9 Å². The van der Waals surface area contributed by atoms with E-state index in [-0.39, 0.29) is 11.9 Å². The quantitative estimate of drug-likeness (QED) is 0.833. The number of rotatable bonds is 2. The number of amides is 1. The molecule has 2 aromatic rings. The van der Waals surface area contributed by atoms with E-state index in [0.717, 1.165) is 23.9 Å². The molecule has 0 saturated carbocycles. The Morgan fingerprint density at radius 2 is 2.32 bits per heavy atom. The van der Waals surface area contributed by atoms with Gasteiger partial charge in [0.05, 0.1) is 6.04 Å². The first-order valence-corrected chi connectivity index (χ1v) is 7.89. The lowest BCUT2D eigenvalue weighted by Gasteiger charge is -2.23. The molecule has 0 radical (unpaired) electrons. The molecule has 1 fully saturated rings. The summed E-state index contributed by atoms with van der Waals surface area (Å²) in [6.07, 6.45) is 3.75. The second-order valence-electron chi connectivity index (χ2n) is 4.51. The van der Waals surface area contributed by atoms with E-state index in [1.54, 1.807) is 17.5 Å². The van der Waals surface area contributed by atoms with E-state index < -0.39 is 0 Å². The first kappa shape index (κ1) is 12.8. The number of pyridine rings is 1. The monoisotopic (exact) mass is 336 g/mol. The second kappa shape index (κ2) is 5.43. The van der Waals surface area contributed by atoms with Gasteiger partial charge in [-0.05, 0) is 52.4 Å². The zero-order valence-electron chi connectivity index (χ0n) is 10.3. The van der Waals surface area contributed by atoms with E-state index in [4.69, 9.17) is 0 Å². The highest BCUT2D eigenvalue weighted by Gasteiger charge is 2.32. The van der Waals surface area contributed by atoms with Crippen LogP contribution in [-0.4, -0.2) is 22.3 Å². The molecule has 1 amide bonds. The van der Waals surface area contributed by atoms with Gasteiger partial charge in [-0.1, -0.05) is 6.07 Å². The summed E-state index contributed by atoms with van der Waals surface area (Å²) in [5.41, 5.74) is 0.506. The van der Waals surface area contributed by atoms with Crippen LogP contribution in [0.3, 0.4) is 0 Å². The molecule has 1 aliphatic rings. The zero-order valence-corrected chi connectivity index (χ0v) is 12.7. The van der Waals surface area contributed by atoms with Crippen LogP contribution in [0.15, 0.2) is 40.3 Å². The Morgan fingerprint density at radius 3 is 3.05 bits per heavy atom. The third-order valence-electron chi connectivity index (χ3n) is 3.35. The van der Waals surface area contributed by atoms with E-state index in [1.165, 1.54) is 4.88 Å².